The van der Waals surface area contributed by atoms with Crippen molar-refractivity contribution in [2.75, 3.05) is 6.54 Å². The molecule has 0 N–H and O–H groups in total. The summed E-state index contributed by atoms with van der Waals surface area (Å²) in [5, 5.41) is 12.0. The Morgan fingerprint density at radius 3 is 3.00 bits per heavy atom. The Labute approximate surface area is 123 Å². The Bertz CT molecular complexity index is 603. The second-order valence-electron chi connectivity index (χ2n) is 5.72. The number of nitrogens with zero attached hydrogens (tertiary/aromatic N) is 6. The minimum atomic E-state index is 0.0597. The van der Waals surface area contributed by atoms with Crippen molar-refractivity contribution in [3.63, 3.8) is 0 Å². The smallest absolute Gasteiger partial charge is 0.257 e. The molecule has 0 bridgehead atoms. The summed E-state index contributed by atoms with van der Waals surface area (Å²) in [5.74, 6) is 0.0597. The van der Waals surface area contributed by atoms with E-state index in [2.05, 4.69) is 15.4 Å². The van der Waals surface area contributed by atoms with Gasteiger partial charge in [0.05, 0.1) is 30.5 Å². The number of aromatic nitrogens is 5. The fourth-order valence-electron chi connectivity index (χ4n) is 2.74. The Hall–Kier alpha value is -2.18. The Kier molecular flexibility index (Phi) is 3.72. The van der Waals surface area contributed by atoms with Crippen LogP contribution in [0.15, 0.2) is 24.8 Å². The van der Waals surface area contributed by atoms with E-state index >= 15 is 0 Å². The average molecular weight is 288 g/mol. The fraction of sp³-hybridized carbons (Fsp3) is 0.571. The highest BCUT2D eigenvalue weighted by molar-refractivity contribution is 5.94. The van der Waals surface area contributed by atoms with Gasteiger partial charge in [0.25, 0.3) is 5.91 Å². The number of hydrogen-bond acceptors (Lipinski definition) is 4. The first-order valence-electron chi connectivity index (χ1n) is 7.34. The summed E-state index contributed by atoms with van der Waals surface area (Å²) in [6, 6.07) is 0.442. The largest absolute Gasteiger partial charge is 0.334 e. The molecule has 0 unspecified atom stereocenters. The van der Waals surface area contributed by atoms with Crippen molar-refractivity contribution in [3.8, 4) is 0 Å². The van der Waals surface area contributed by atoms with E-state index in [4.69, 9.17) is 0 Å². The van der Waals surface area contributed by atoms with Crippen LogP contribution in [0.3, 0.4) is 0 Å². The molecule has 0 saturated carbocycles. The van der Waals surface area contributed by atoms with Crippen LogP contribution in [0.1, 0.15) is 43.1 Å². The van der Waals surface area contributed by atoms with Crippen LogP contribution in [0.4, 0.5) is 0 Å². The summed E-state index contributed by atoms with van der Waals surface area (Å²) in [5.41, 5.74) is 0.661. The van der Waals surface area contributed by atoms with Gasteiger partial charge in [0, 0.05) is 25.0 Å². The van der Waals surface area contributed by atoms with Crippen LogP contribution in [0.25, 0.3) is 0 Å². The zero-order valence-electron chi connectivity index (χ0n) is 12.4. The number of amides is 1. The van der Waals surface area contributed by atoms with Gasteiger partial charge in [-0.3, -0.25) is 14.2 Å². The highest BCUT2D eigenvalue weighted by atomic mass is 16.2. The first-order chi connectivity index (χ1) is 10.1. The first kappa shape index (κ1) is 13.8. The lowest BCUT2D eigenvalue weighted by Crippen LogP contribution is -2.38. The molecule has 7 nitrogen and oxygen atoms in total. The van der Waals surface area contributed by atoms with Crippen molar-refractivity contribution >= 4 is 5.91 Å². The molecule has 1 amide bonds. The van der Waals surface area contributed by atoms with Crippen molar-refractivity contribution in [3.05, 3.63) is 30.4 Å². The van der Waals surface area contributed by atoms with Crippen LogP contribution in [-0.4, -0.2) is 48.2 Å². The second-order valence-corrected chi connectivity index (χ2v) is 5.72. The zero-order chi connectivity index (χ0) is 14.8. The maximum absolute atomic E-state index is 12.6. The Balaban J connectivity index is 1.73. The SMILES string of the molecule is CC(C)n1cc(C(=O)N2CCC[C@H]2Cn2ccnn2)cn1. The Morgan fingerprint density at radius 2 is 2.33 bits per heavy atom. The van der Waals surface area contributed by atoms with E-state index < -0.39 is 0 Å². The van der Waals surface area contributed by atoms with Gasteiger partial charge in [-0.05, 0) is 26.7 Å². The lowest BCUT2D eigenvalue weighted by molar-refractivity contribution is 0.0721. The summed E-state index contributed by atoms with van der Waals surface area (Å²) in [6.07, 6.45) is 9.02. The zero-order valence-corrected chi connectivity index (χ0v) is 12.4. The molecule has 1 atom stereocenters. The van der Waals surface area contributed by atoms with Gasteiger partial charge in [0.2, 0.25) is 0 Å². The molecule has 1 aliphatic rings. The van der Waals surface area contributed by atoms with Crippen molar-refractivity contribution in [2.45, 2.75) is 45.3 Å². The molecule has 2 aromatic heterocycles. The predicted octanol–water partition coefficient (Wildman–Crippen LogP) is 1.36. The average Bonchev–Trinajstić information content (AvgIpc) is 3.20. The molecule has 1 saturated heterocycles. The number of carbonyl (C=O) groups excluding carboxylic acids is 1. The molecule has 3 rings (SSSR count). The molecule has 7 heteroatoms. The maximum atomic E-state index is 12.6. The third-order valence-corrected chi connectivity index (χ3v) is 3.89. The van der Waals surface area contributed by atoms with E-state index in [0.717, 1.165) is 19.4 Å². The molecule has 0 aromatic carbocycles. The highest BCUT2D eigenvalue weighted by Gasteiger charge is 2.30. The van der Waals surface area contributed by atoms with Gasteiger partial charge < -0.3 is 4.90 Å². The quantitative estimate of drug-likeness (QED) is 0.852. The van der Waals surface area contributed by atoms with E-state index in [0.29, 0.717) is 12.1 Å². The third kappa shape index (κ3) is 2.81. The fourth-order valence-corrected chi connectivity index (χ4v) is 2.74. The van der Waals surface area contributed by atoms with Crippen LogP contribution >= 0.6 is 0 Å². The van der Waals surface area contributed by atoms with Crippen LogP contribution < -0.4 is 0 Å². The lowest BCUT2D eigenvalue weighted by Gasteiger charge is -2.24. The monoisotopic (exact) mass is 288 g/mol. The molecular formula is C14H20N6O. The van der Waals surface area contributed by atoms with E-state index in [1.165, 1.54) is 0 Å². The number of likely N-dealkylation sites (tertiary alicyclic amines) is 1. The third-order valence-electron chi connectivity index (χ3n) is 3.89. The molecular weight excluding hydrogens is 268 g/mol. The summed E-state index contributed by atoms with van der Waals surface area (Å²) in [6.45, 7) is 5.59. The topological polar surface area (TPSA) is 68.8 Å². The maximum Gasteiger partial charge on any atom is 0.257 e. The van der Waals surface area contributed by atoms with E-state index in [1.807, 2.05) is 35.8 Å². The van der Waals surface area contributed by atoms with Crippen LogP contribution in [-0.2, 0) is 6.54 Å². The molecule has 0 aliphatic carbocycles. The van der Waals surface area contributed by atoms with Crippen LogP contribution in [0, 0.1) is 0 Å². The molecule has 21 heavy (non-hydrogen) atoms. The Morgan fingerprint density at radius 1 is 1.48 bits per heavy atom. The molecule has 1 fully saturated rings. The van der Waals surface area contributed by atoms with E-state index in [-0.39, 0.29) is 18.0 Å². The minimum Gasteiger partial charge on any atom is -0.334 e. The first-order valence-corrected chi connectivity index (χ1v) is 7.34. The molecule has 3 heterocycles. The summed E-state index contributed by atoms with van der Waals surface area (Å²) >= 11 is 0. The van der Waals surface area contributed by atoms with E-state index in [9.17, 15) is 4.79 Å². The van der Waals surface area contributed by atoms with Gasteiger partial charge in [-0.1, -0.05) is 5.21 Å². The predicted molar refractivity (Wildman–Crippen MR) is 76.7 cm³/mol. The van der Waals surface area contributed by atoms with Crippen molar-refractivity contribution < 1.29 is 4.79 Å². The normalized spacial score (nSPS) is 18.6. The van der Waals surface area contributed by atoms with Gasteiger partial charge >= 0.3 is 0 Å². The van der Waals surface area contributed by atoms with Gasteiger partial charge in [-0.15, -0.1) is 5.10 Å². The van der Waals surface area contributed by atoms with Gasteiger partial charge in [-0.25, -0.2) is 0 Å². The molecule has 0 radical (unpaired) electrons. The van der Waals surface area contributed by atoms with Crippen LogP contribution in [0.2, 0.25) is 0 Å². The number of rotatable bonds is 4. The number of carbonyl (C=O) groups is 1. The summed E-state index contributed by atoms with van der Waals surface area (Å²) in [4.78, 5) is 14.6. The summed E-state index contributed by atoms with van der Waals surface area (Å²) in [7, 11) is 0. The molecule has 1 aliphatic heterocycles. The van der Waals surface area contributed by atoms with Gasteiger partial charge in [0.1, 0.15) is 0 Å². The summed E-state index contributed by atoms with van der Waals surface area (Å²) < 4.78 is 3.60. The molecule has 2 aromatic rings. The van der Waals surface area contributed by atoms with E-state index in [1.54, 1.807) is 17.1 Å². The van der Waals surface area contributed by atoms with Crippen molar-refractivity contribution in [1.82, 2.24) is 29.7 Å². The van der Waals surface area contributed by atoms with Crippen LogP contribution in [0.5, 0.6) is 0 Å². The minimum absolute atomic E-state index is 0.0597. The molecule has 0 spiro atoms. The lowest BCUT2D eigenvalue weighted by atomic mass is 10.2. The van der Waals surface area contributed by atoms with Gasteiger partial charge in [0.15, 0.2) is 0 Å². The highest BCUT2D eigenvalue weighted by Crippen LogP contribution is 2.21. The van der Waals surface area contributed by atoms with Crippen molar-refractivity contribution in [1.29, 1.82) is 0 Å². The van der Waals surface area contributed by atoms with Gasteiger partial charge in [-0.2, -0.15) is 5.10 Å². The second kappa shape index (κ2) is 5.67. The number of hydrogen-bond donors (Lipinski definition) is 0. The van der Waals surface area contributed by atoms with Crippen molar-refractivity contribution in [2.24, 2.45) is 0 Å². The standard InChI is InChI=1S/C14H20N6O/c1-11(2)20-9-12(8-16-20)14(21)19-6-3-4-13(19)10-18-7-5-15-17-18/h5,7-9,11,13H,3-4,6,10H2,1-2H3/t13-/m0/s1. The molecule has 112 valence electrons.